The number of aromatic amines is 2. The van der Waals surface area contributed by atoms with E-state index in [2.05, 4.69) is 74.1 Å². The van der Waals surface area contributed by atoms with Gasteiger partial charge in [0.15, 0.2) is 0 Å². The molecule has 4 aromatic carbocycles. The number of imidazole rings is 2. The van der Waals surface area contributed by atoms with E-state index in [9.17, 15) is 9.59 Å². The van der Waals surface area contributed by atoms with Gasteiger partial charge in [-0.15, -0.1) is 0 Å². The molecule has 0 aliphatic carbocycles. The third-order valence-corrected chi connectivity index (χ3v) is 8.94. The maximum atomic E-state index is 13.5. The second kappa shape index (κ2) is 12.6. The summed E-state index contributed by atoms with van der Waals surface area (Å²) in [6.45, 7) is 4.44. The van der Waals surface area contributed by atoms with Crippen LogP contribution in [0.25, 0.3) is 44.2 Å². The lowest BCUT2D eigenvalue weighted by Gasteiger charge is -2.30. The van der Waals surface area contributed by atoms with Gasteiger partial charge in [-0.1, -0.05) is 62.4 Å². The molecule has 0 bridgehead atoms. The highest BCUT2D eigenvalue weighted by atomic mass is 16.5. The molecule has 3 heterocycles. The van der Waals surface area contributed by atoms with Crippen molar-refractivity contribution in [2.75, 3.05) is 19.0 Å². The largest absolute Gasteiger partial charge is 0.453 e. The monoisotopic (exact) mass is 627 g/mol. The van der Waals surface area contributed by atoms with E-state index in [0.717, 1.165) is 74.2 Å². The topological polar surface area (TPSA) is 128 Å². The SMILES string of the molecule is COC(=O)N[C@H](C(=O)N1CCC[C@H]1c1ncc(-c2ccc3cc(-c4ccc5[nH]cnc5c4Nc4ccccc4)ccc3c2)[nH]1)C(C)C. The Morgan fingerprint density at radius 3 is 2.49 bits per heavy atom. The van der Waals surface area contributed by atoms with Gasteiger partial charge in [0, 0.05) is 23.4 Å². The van der Waals surface area contributed by atoms with Crippen molar-refractivity contribution in [1.29, 1.82) is 0 Å². The predicted molar refractivity (Wildman–Crippen MR) is 184 cm³/mol. The molecule has 238 valence electrons. The zero-order chi connectivity index (χ0) is 32.5. The van der Waals surface area contributed by atoms with Crippen molar-refractivity contribution in [3.8, 4) is 22.4 Å². The number of ether oxygens (including phenoxy) is 1. The number of anilines is 2. The second-order valence-corrected chi connectivity index (χ2v) is 12.3. The molecule has 0 radical (unpaired) electrons. The molecule has 2 amide bonds. The number of nitrogens with zero attached hydrogens (tertiary/aromatic N) is 3. The highest BCUT2D eigenvalue weighted by Crippen LogP contribution is 2.38. The third-order valence-electron chi connectivity index (χ3n) is 8.94. The van der Waals surface area contributed by atoms with Crippen molar-refractivity contribution in [2.45, 2.75) is 38.8 Å². The van der Waals surface area contributed by atoms with Crippen molar-refractivity contribution >= 4 is 45.2 Å². The zero-order valence-electron chi connectivity index (χ0n) is 26.6. The summed E-state index contributed by atoms with van der Waals surface area (Å²) >= 11 is 0. The number of carbonyl (C=O) groups is 2. The Hall–Kier alpha value is -5.64. The van der Waals surface area contributed by atoms with Gasteiger partial charge in [-0.2, -0.15) is 0 Å². The molecule has 0 saturated carbocycles. The fraction of sp³-hybridized carbons (Fsp3) is 0.243. The number of rotatable bonds is 8. The van der Waals surface area contributed by atoms with Crippen LogP contribution in [0.15, 0.2) is 91.4 Å². The molecule has 6 aromatic rings. The lowest BCUT2D eigenvalue weighted by molar-refractivity contribution is -0.135. The van der Waals surface area contributed by atoms with Gasteiger partial charge in [0.2, 0.25) is 5.91 Å². The van der Waals surface area contributed by atoms with Crippen molar-refractivity contribution in [1.82, 2.24) is 30.2 Å². The Balaban J connectivity index is 1.15. The molecule has 10 nitrogen and oxygen atoms in total. The second-order valence-electron chi connectivity index (χ2n) is 12.3. The predicted octanol–water partition coefficient (Wildman–Crippen LogP) is 7.56. The molecule has 0 unspecified atom stereocenters. The Kier molecular flexibility index (Phi) is 8.07. The number of likely N-dealkylation sites (tertiary alicyclic amines) is 1. The number of para-hydroxylation sites is 1. The number of carbonyl (C=O) groups excluding carboxylic acids is 2. The zero-order valence-corrected chi connectivity index (χ0v) is 26.6. The van der Waals surface area contributed by atoms with E-state index in [1.165, 1.54) is 7.11 Å². The Labute approximate surface area is 272 Å². The van der Waals surface area contributed by atoms with E-state index >= 15 is 0 Å². The quantitative estimate of drug-likeness (QED) is 0.138. The van der Waals surface area contributed by atoms with Crippen LogP contribution < -0.4 is 10.6 Å². The van der Waals surface area contributed by atoms with Crippen LogP contribution in [0.4, 0.5) is 16.2 Å². The first-order valence-electron chi connectivity index (χ1n) is 15.9. The first kappa shape index (κ1) is 30.0. The van der Waals surface area contributed by atoms with Gasteiger partial charge in [-0.05, 0) is 65.4 Å². The van der Waals surface area contributed by atoms with E-state index in [4.69, 9.17) is 9.72 Å². The van der Waals surface area contributed by atoms with Gasteiger partial charge in [0.1, 0.15) is 17.4 Å². The lowest BCUT2D eigenvalue weighted by Crippen LogP contribution is -2.51. The minimum atomic E-state index is -0.672. The molecule has 4 N–H and O–H groups in total. The minimum Gasteiger partial charge on any atom is -0.453 e. The number of methoxy groups -OCH3 is 1. The van der Waals surface area contributed by atoms with Crippen molar-refractivity contribution in [3.05, 3.63) is 97.2 Å². The number of amides is 2. The Morgan fingerprint density at radius 2 is 1.72 bits per heavy atom. The fourth-order valence-electron chi connectivity index (χ4n) is 6.47. The summed E-state index contributed by atoms with van der Waals surface area (Å²) < 4.78 is 4.76. The molecular formula is C37H37N7O3. The average Bonchev–Trinajstić information content (AvgIpc) is 3.88. The van der Waals surface area contributed by atoms with Crippen LogP contribution in [-0.4, -0.2) is 56.5 Å². The summed E-state index contributed by atoms with van der Waals surface area (Å²) in [6.07, 6.45) is 4.61. The van der Waals surface area contributed by atoms with Gasteiger partial charge < -0.3 is 30.2 Å². The first-order valence-corrected chi connectivity index (χ1v) is 15.9. The van der Waals surface area contributed by atoms with Gasteiger partial charge in [0.25, 0.3) is 0 Å². The number of nitrogens with one attached hydrogen (secondary N) is 4. The van der Waals surface area contributed by atoms with Gasteiger partial charge >= 0.3 is 6.09 Å². The summed E-state index contributed by atoms with van der Waals surface area (Å²) in [5.41, 5.74) is 7.86. The van der Waals surface area contributed by atoms with E-state index in [1.54, 1.807) is 6.33 Å². The molecule has 10 heteroatoms. The van der Waals surface area contributed by atoms with E-state index in [-0.39, 0.29) is 17.9 Å². The summed E-state index contributed by atoms with van der Waals surface area (Å²) in [5, 5.41) is 8.52. The summed E-state index contributed by atoms with van der Waals surface area (Å²) in [4.78, 5) is 43.3. The van der Waals surface area contributed by atoms with Crippen molar-refractivity contribution in [2.24, 2.45) is 5.92 Å². The third kappa shape index (κ3) is 5.90. The molecule has 1 aliphatic rings. The number of aromatic nitrogens is 4. The molecule has 47 heavy (non-hydrogen) atoms. The van der Waals surface area contributed by atoms with Crippen LogP contribution in [0.2, 0.25) is 0 Å². The number of alkyl carbamates (subject to hydrolysis) is 1. The molecule has 7 rings (SSSR count). The van der Waals surface area contributed by atoms with E-state index in [0.29, 0.717) is 6.54 Å². The Bertz CT molecular complexity index is 2070. The number of H-pyrrole nitrogens is 2. The highest BCUT2D eigenvalue weighted by Gasteiger charge is 2.37. The highest BCUT2D eigenvalue weighted by molar-refractivity contribution is 6.01. The van der Waals surface area contributed by atoms with Crippen LogP contribution in [0.5, 0.6) is 0 Å². The Morgan fingerprint density at radius 1 is 0.957 bits per heavy atom. The summed E-state index contributed by atoms with van der Waals surface area (Å²) in [6, 6.07) is 26.3. The standard InChI is InChI=1S/C37H37N7O3/c1-22(2)32(43-37(46)47-3)36(45)44-17-7-10-31(44)35-38-20-30(42-35)26-14-12-23-18-25(13-11-24(23)19-26)28-15-16-29-34(40-21-39-29)33(28)41-27-8-5-4-6-9-27/h4-6,8-9,11-16,18-22,31-32,41H,7,10,17H2,1-3H3,(H,38,42)(H,39,40)(H,43,46)/t31-,32-/m0/s1. The van der Waals surface area contributed by atoms with Crippen molar-refractivity contribution in [3.63, 3.8) is 0 Å². The van der Waals surface area contributed by atoms with Gasteiger partial charge in [-0.25, -0.2) is 14.8 Å². The first-order chi connectivity index (χ1) is 22.9. The molecule has 2 aromatic heterocycles. The van der Waals surface area contributed by atoms with Crippen LogP contribution in [0.3, 0.4) is 0 Å². The smallest absolute Gasteiger partial charge is 0.407 e. The maximum absolute atomic E-state index is 13.5. The molecular weight excluding hydrogens is 590 g/mol. The normalized spacial score (nSPS) is 15.3. The van der Waals surface area contributed by atoms with Crippen LogP contribution in [0, 0.1) is 5.92 Å². The fourth-order valence-corrected chi connectivity index (χ4v) is 6.47. The molecule has 1 saturated heterocycles. The van der Waals surface area contributed by atoms with Crippen molar-refractivity contribution < 1.29 is 14.3 Å². The van der Waals surface area contributed by atoms with Gasteiger partial charge in [-0.3, -0.25) is 4.79 Å². The minimum absolute atomic E-state index is 0.0898. The molecule has 1 aliphatic heterocycles. The lowest BCUT2D eigenvalue weighted by atomic mass is 9.97. The summed E-state index contributed by atoms with van der Waals surface area (Å²) in [7, 11) is 1.30. The van der Waals surface area contributed by atoms with Crippen LogP contribution >= 0.6 is 0 Å². The molecule has 2 atom stereocenters. The average molecular weight is 628 g/mol. The summed E-state index contributed by atoms with van der Waals surface area (Å²) in [5.74, 6) is 0.531. The number of hydrogen-bond donors (Lipinski definition) is 4. The number of hydrogen-bond acceptors (Lipinski definition) is 6. The van der Waals surface area contributed by atoms with Gasteiger partial charge in [0.05, 0.1) is 42.6 Å². The van der Waals surface area contributed by atoms with Crippen LogP contribution in [-0.2, 0) is 9.53 Å². The molecule has 1 fully saturated rings. The number of benzene rings is 4. The van der Waals surface area contributed by atoms with Crippen LogP contribution in [0.1, 0.15) is 38.6 Å². The molecule has 0 spiro atoms. The van der Waals surface area contributed by atoms with E-state index < -0.39 is 12.1 Å². The number of fused-ring (bicyclic) bond motifs is 2. The van der Waals surface area contributed by atoms with E-state index in [1.807, 2.05) is 55.3 Å². The maximum Gasteiger partial charge on any atom is 0.407 e.